The number of amides is 1. The number of carbonyl (C=O) groups excluding carboxylic acids is 1. The lowest BCUT2D eigenvalue weighted by Crippen LogP contribution is -2.48. The summed E-state index contributed by atoms with van der Waals surface area (Å²) in [6.45, 7) is 1.25. The van der Waals surface area contributed by atoms with Crippen molar-refractivity contribution in [2.45, 2.75) is 24.9 Å². The number of hydrogen-bond donors (Lipinski definition) is 2. The van der Waals surface area contributed by atoms with Crippen molar-refractivity contribution < 1.29 is 19.4 Å². The average molecular weight is 217 g/mol. The molecule has 0 unspecified atom stereocenters. The van der Waals surface area contributed by atoms with Gasteiger partial charge in [0.2, 0.25) is 5.91 Å². The predicted octanol–water partition coefficient (Wildman–Crippen LogP) is -0.319. The van der Waals surface area contributed by atoms with Crippen molar-refractivity contribution in [1.29, 1.82) is 0 Å². The summed E-state index contributed by atoms with van der Waals surface area (Å²) in [4.78, 5) is 11.2. The Morgan fingerprint density at radius 2 is 2.20 bits per heavy atom. The summed E-state index contributed by atoms with van der Waals surface area (Å²) in [5.41, 5.74) is -0.664. The van der Waals surface area contributed by atoms with Gasteiger partial charge < -0.3 is 19.9 Å². The van der Waals surface area contributed by atoms with Gasteiger partial charge in [-0.2, -0.15) is 0 Å². The van der Waals surface area contributed by atoms with Crippen LogP contribution in [0, 0.1) is 0 Å². The van der Waals surface area contributed by atoms with Crippen LogP contribution in [-0.4, -0.2) is 50.1 Å². The third kappa shape index (κ3) is 4.59. The van der Waals surface area contributed by atoms with E-state index in [0.717, 1.165) is 19.3 Å². The van der Waals surface area contributed by atoms with Crippen molar-refractivity contribution in [3.8, 4) is 0 Å². The Hall–Kier alpha value is -0.650. The van der Waals surface area contributed by atoms with Crippen LogP contribution in [0.15, 0.2) is 0 Å². The zero-order valence-corrected chi connectivity index (χ0v) is 9.12. The standard InChI is InChI=1S/C10H19NO4/c1-14-5-6-15-7-9(12)11-8-10(13)3-2-4-10/h13H,2-8H2,1H3,(H,11,12). The Labute approximate surface area is 89.8 Å². The Morgan fingerprint density at radius 3 is 2.73 bits per heavy atom. The van der Waals surface area contributed by atoms with Crippen LogP contribution in [-0.2, 0) is 14.3 Å². The fourth-order valence-electron chi connectivity index (χ4n) is 1.38. The van der Waals surface area contributed by atoms with Gasteiger partial charge in [-0.1, -0.05) is 0 Å². The van der Waals surface area contributed by atoms with Gasteiger partial charge in [0, 0.05) is 13.7 Å². The van der Waals surface area contributed by atoms with E-state index in [1.807, 2.05) is 0 Å². The number of aliphatic hydroxyl groups is 1. The van der Waals surface area contributed by atoms with Gasteiger partial charge >= 0.3 is 0 Å². The van der Waals surface area contributed by atoms with Crippen molar-refractivity contribution in [3.63, 3.8) is 0 Å². The monoisotopic (exact) mass is 217 g/mol. The molecular weight excluding hydrogens is 198 g/mol. The van der Waals surface area contributed by atoms with Gasteiger partial charge in [-0.3, -0.25) is 4.79 Å². The molecule has 5 nitrogen and oxygen atoms in total. The number of nitrogens with one attached hydrogen (secondary N) is 1. The second kappa shape index (κ2) is 6.05. The summed E-state index contributed by atoms with van der Waals surface area (Å²) < 4.78 is 9.80. The molecule has 88 valence electrons. The number of carbonyl (C=O) groups is 1. The zero-order valence-electron chi connectivity index (χ0n) is 9.12. The quantitative estimate of drug-likeness (QED) is 0.574. The van der Waals surface area contributed by atoms with E-state index in [2.05, 4.69) is 5.32 Å². The first-order valence-corrected chi connectivity index (χ1v) is 5.22. The molecule has 15 heavy (non-hydrogen) atoms. The van der Waals surface area contributed by atoms with Crippen molar-refractivity contribution in [2.24, 2.45) is 0 Å². The molecule has 0 aliphatic heterocycles. The fraction of sp³-hybridized carbons (Fsp3) is 0.900. The maximum atomic E-state index is 11.2. The van der Waals surface area contributed by atoms with Crippen LogP contribution in [0.3, 0.4) is 0 Å². The highest BCUT2D eigenvalue weighted by Crippen LogP contribution is 2.30. The van der Waals surface area contributed by atoms with E-state index in [1.165, 1.54) is 0 Å². The first-order chi connectivity index (χ1) is 7.16. The third-order valence-electron chi connectivity index (χ3n) is 2.56. The van der Waals surface area contributed by atoms with Gasteiger partial charge in [0.1, 0.15) is 6.61 Å². The zero-order chi connectivity index (χ0) is 11.1. The molecular formula is C10H19NO4. The molecule has 1 aliphatic rings. The number of methoxy groups -OCH3 is 1. The van der Waals surface area contributed by atoms with E-state index in [4.69, 9.17) is 9.47 Å². The lowest BCUT2D eigenvalue weighted by molar-refractivity contribution is -0.128. The van der Waals surface area contributed by atoms with E-state index < -0.39 is 5.60 Å². The summed E-state index contributed by atoms with van der Waals surface area (Å²) in [5.74, 6) is -0.188. The summed E-state index contributed by atoms with van der Waals surface area (Å²) in [6, 6.07) is 0. The summed E-state index contributed by atoms with van der Waals surface area (Å²) in [7, 11) is 1.58. The topological polar surface area (TPSA) is 67.8 Å². The predicted molar refractivity (Wildman–Crippen MR) is 54.5 cm³/mol. The molecule has 1 aliphatic carbocycles. The highest BCUT2D eigenvalue weighted by molar-refractivity contribution is 5.77. The smallest absolute Gasteiger partial charge is 0.246 e. The lowest BCUT2D eigenvalue weighted by atomic mass is 9.80. The minimum Gasteiger partial charge on any atom is -0.388 e. The second-order valence-electron chi connectivity index (χ2n) is 3.90. The summed E-state index contributed by atoms with van der Waals surface area (Å²) in [5, 5.41) is 12.3. The third-order valence-corrected chi connectivity index (χ3v) is 2.56. The molecule has 0 spiro atoms. The molecule has 0 aromatic heterocycles. The van der Waals surface area contributed by atoms with E-state index in [9.17, 15) is 9.90 Å². The Balaban J connectivity index is 1.98. The molecule has 1 saturated carbocycles. The van der Waals surface area contributed by atoms with Crippen LogP contribution in [0.25, 0.3) is 0 Å². The molecule has 0 bridgehead atoms. The first-order valence-electron chi connectivity index (χ1n) is 5.22. The molecule has 2 N–H and O–H groups in total. The minimum atomic E-state index is -0.664. The summed E-state index contributed by atoms with van der Waals surface area (Å²) in [6.07, 6.45) is 2.59. The SMILES string of the molecule is COCCOCC(=O)NCC1(O)CCC1. The number of hydrogen-bond acceptors (Lipinski definition) is 4. The number of ether oxygens (including phenoxy) is 2. The van der Waals surface area contributed by atoms with Gasteiger partial charge in [-0.25, -0.2) is 0 Å². The maximum absolute atomic E-state index is 11.2. The molecule has 0 saturated heterocycles. The highest BCUT2D eigenvalue weighted by atomic mass is 16.5. The van der Waals surface area contributed by atoms with E-state index in [0.29, 0.717) is 19.8 Å². The van der Waals surface area contributed by atoms with Crippen LogP contribution < -0.4 is 5.32 Å². The average Bonchev–Trinajstić information content (AvgIpc) is 2.19. The molecule has 0 radical (unpaired) electrons. The molecule has 0 aromatic rings. The van der Waals surface area contributed by atoms with E-state index in [1.54, 1.807) is 7.11 Å². The Bertz CT molecular complexity index is 204. The molecule has 1 fully saturated rings. The van der Waals surface area contributed by atoms with Crippen LogP contribution in [0.1, 0.15) is 19.3 Å². The summed E-state index contributed by atoms with van der Waals surface area (Å²) >= 11 is 0. The van der Waals surface area contributed by atoms with Gasteiger partial charge in [0.05, 0.1) is 18.8 Å². The maximum Gasteiger partial charge on any atom is 0.246 e. The van der Waals surface area contributed by atoms with Crippen molar-refractivity contribution in [3.05, 3.63) is 0 Å². The van der Waals surface area contributed by atoms with E-state index >= 15 is 0 Å². The Kier molecular flexibility index (Phi) is 5.01. The molecule has 5 heteroatoms. The van der Waals surface area contributed by atoms with Gasteiger partial charge in [-0.15, -0.1) is 0 Å². The van der Waals surface area contributed by atoms with Gasteiger partial charge in [0.25, 0.3) is 0 Å². The van der Waals surface area contributed by atoms with Crippen LogP contribution in [0.4, 0.5) is 0 Å². The van der Waals surface area contributed by atoms with Crippen molar-refractivity contribution in [1.82, 2.24) is 5.32 Å². The molecule has 0 heterocycles. The van der Waals surface area contributed by atoms with E-state index in [-0.39, 0.29) is 12.5 Å². The van der Waals surface area contributed by atoms with Gasteiger partial charge in [-0.05, 0) is 19.3 Å². The largest absolute Gasteiger partial charge is 0.388 e. The van der Waals surface area contributed by atoms with Crippen LogP contribution in [0.2, 0.25) is 0 Å². The molecule has 0 atom stereocenters. The lowest BCUT2D eigenvalue weighted by Gasteiger charge is -2.36. The molecule has 1 rings (SSSR count). The fourth-order valence-corrected chi connectivity index (χ4v) is 1.38. The molecule has 1 amide bonds. The van der Waals surface area contributed by atoms with Crippen molar-refractivity contribution in [2.75, 3.05) is 33.5 Å². The second-order valence-corrected chi connectivity index (χ2v) is 3.90. The van der Waals surface area contributed by atoms with Gasteiger partial charge in [0.15, 0.2) is 0 Å². The number of rotatable bonds is 7. The highest BCUT2D eigenvalue weighted by Gasteiger charge is 2.34. The normalized spacial score (nSPS) is 18.3. The van der Waals surface area contributed by atoms with Crippen LogP contribution in [0.5, 0.6) is 0 Å². The first kappa shape index (κ1) is 12.4. The Morgan fingerprint density at radius 1 is 1.47 bits per heavy atom. The van der Waals surface area contributed by atoms with Crippen molar-refractivity contribution >= 4 is 5.91 Å². The van der Waals surface area contributed by atoms with Crippen LogP contribution >= 0.6 is 0 Å². The molecule has 0 aromatic carbocycles. The minimum absolute atomic E-state index is 0.0272.